The van der Waals surface area contributed by atoms with Crippen LogP contribution in [0, 0.1) is 6.92 Å². The summed E-state index contributed by atoms with van der Waals surface area (Å²) in [5.74, 6) is -0.613. The highest BCUT2D eigenvalue weighted by Gasteiger charge is 2.09. The van der Waals surface area contributed by atoms with Crippen LogP contribution in [0.4, 0.5) is 0 Å². The van der Waals surface area contributed by atoms with E-state index in [0.29, 0.717) is 5.56 Å². The minimum absolute atomic E-state index is 0.221. The van der Waals surface area contributed by atoms with E-state index in [1.807, 2.05) is 43.3 Å². The molecular weight excluding hydrogens is 332 g/mol. The van der Waals surface area contributed by atoms with E-state index in [1.54, 1.807) is 12.1 Å². The van der Waals surface area contributed by atoms with Crippen molar-refractivity contribution in [2.75, 3.05) is 0 Å². The number of hydrogen-bond donors (Lipinski definition) is 2. The summed E-state index contributed by atoms with van der Waals surface area (Å²) in [5.41, 5.74) is 7.23. The molecule has 2 N–H and O–H groups in total. The Bertz CT molecular complexity index is 657. The first-order valence-corrected chi connectivity index (χ1v) is 7.25. The Labute approximate surface area is 131 Å². The second kappa shape index (κ2) is 7.04. The number of hydrogen-bond acceptors (Lipinski definition) is 2. The third-order valence-electron chi connectivity index (χ3n) is 2.96. The van der Waals surface area contributed by atoms with Gasteiger partial charge in [-0.2, -0.15) is 0 Å². The molecule has 0 aliphatic carbocycles. The highest BCUT2D eigenvalue weighted by molar-refractivity contribution is 9.10. The van der Waals surface area contributed by atoms with Crippen LogP contribution >= 0.6 is 15.9 Å². The smallest absolute Gasteiger partial charge is 0.269 e. The molecule has 0 radical (unpaired) electrons. The van der Waals surface area contributed by atoms with Crippen molar-refractivity contribution in [1.82, 2.24) is 10.9 Å². The number of carbonyl (C=O) groups is 2. The summed E-state index contributed by atoms with van der Waals surface area (Å²) in [6.45, 7) is 1.94. The molecule has 2 rings (SSSR count). The van der Waals surface area contributed by atoms with Gasteiger partial charge >= 0.3 is 0 Å². The monoisotopic (exact) mass is 346 g/mol. The first kappa shape index (κ1) is 15.3. The van der Waals surface area contributed by atoms with Crippen LogP contribution in [0.15, 0.2) is 53.0 Å². The third-order valence-corrected chi connectivity index (χ3v) is 3.81. The van der Waals surface area contributed by atoms with E-state index >= 15 is 0 Å². The summed E-state index contributed by atoms with van der Waals surface area (Å²) in [6, 6.07) is 14.6. The molecule has 0 spiro atoms. The number of carbonyl (C=O) groups excluding carboxylic acids is 2. The van der Waals surface area contributed by atoms with Gasteiger partial charge in [0.25, 0.3) is 5.91 Å². The van der Waals surface area contributed by atoms with Crippen molar-refractivity contribution >= 4 is 27.7 Å². The molecule has 0 unspecified atom stereocenters. The highest BCUT2D eigenvalue weighted by Crippen LogP contribution is 2.17. The number of nitrogens with one attached hydrogen (secondary N) is 2. The zero-order chi connectivity index (χ0) is 15.2. The van der Waals surface area contributed by atoms with Crippen LogP contribution in [0.2, 0.25) is 0 Å². The van der Waals surface area contributed by atoms with Gasteiger partial charge in [-0.05, 0) is 30.2 Å². The molecule has 4 nitrogen and oxygen atoms in total. The predicted molar refractivity (Wildman–Crippen MR) is 84.6 cm³/mol. The SMILES string of the molecule is Cc1ccc(C(=O)NNC(=O)Cc2ccccc2)cc1Br. The Morgan fingerprint density at radius 3 is 2.43 bits per heavy atom. The quantitative estimate of drug-likeness (QED) is 0.839. The van der Waals surface area contributed by atoms with Crippen LogP contribution in [0.3, 0.4) is 0 Å². The van der Waals surface area contributed by atoms with E-state index < -0.39 is 0 Å². The van der Waals surface area contributed by atoms with Gasteiger partial charge in [0.05, 0.1) is 6.42 Å². The average molecular weight is 347 g/mol. The van der Waals surface area contributed by atoms with Crippen LogP contribution in [0.1, 0.15) is 21.5 Å². The predicted octanol–water partition coefficient (Wildman–Crippen LogP) is 2.76. The largest absolute Gasteiger partial charge is 0.273 e. The Balaban J connectivity index is 1.89. The summed E-state index contributed by atoms with van der Waals surface area (Å²) in [7, 11) is 0. The fourth-order valence-corrected chi connectivity index (χ4v) is 2.14. The van der Waals surface area contributed by atoms with Crippen LogP contribution in [-0.4, -0.2) is 11.8 Å². The summed E-state index contributed by atoms with van der Waals surface area (Å²) < 4.78 is 0.853. The van der Waals surface area contributed by atoms with E-state index in [1.165, 1.54) is 0 Å². The van der Waals surface area contributed by atoms with E-state index in [4.69, 9.17) is 0 Å². The first-order valence-electron chi connectivity index (χ1n) is 6.45. The number of rotatable bonds is 3. The van der Waals surface area contributed by atoms with Gasteiger partial charge in [-0.15, -0.1) is 0 Å². The number of hydrazine groups is 1. The van der Waals surface area contributed by atoms with E-state index in [9.17, 15) is 9.59 Å². The second-order valence-electron chi connectivity index (χ2n) is 4.63. The molecule has 0 atom stereocenters. The molecule has 0 fully saturated rings. The van der Waals surface area contributed by atoms with Crippen LogP contribution in [0.5, 0.6) is 0 Å². The lowest BCUT2D eigenvalue weighted by Gasteiger charge is -2.08. The van der Waals surface area contributed by atoms with E-state index in [-0.39, 0.29) is 18.2 Å². The van der Waals surface area contributed by atoms with Crippen molar-refractivity contribution < 1.29 is 9.59 Å². The molecule has 5 heteroatoms. The zero-order valence-electron chi connectivity index (χ0n) is 11.5. The van der Waals surface area contributed by atoms with Crippen molar-refractivity contribution in [1.29, 1.82) is 0 Å². The van der Waals surface area contributed by atoms with Gasteiger partial charge < -0.3 is 0 Å². The fraction of sp³-hybridized carbons (Fsp3) is 0.125. The van der Waals surface area contributed by atoms with E-state index in [2.05, 4.69) is 26.8 Å². The maximum atomic E-state index is 11.9. The van der Waals surface area contributed by atoms with Crippen LogP contribution in [0.25, 0.3) is 0 Å². The van der Waals surface area contributed by atoms with Gasteiger partial charge in [0.15, 0.2) is 0 Å². The molecule has 0 saturated carbocycles. The van der Waals surface area contributed by atoms with Gasteiger partial charge in [0.2, 0.25) is 5.91 Å². The standard InChI is InChI=1S/C16H15BrN2O2/c1-11-7-8-13(10-14(11)17)16(21)19-18-15(20)9-12-5-3-2-4-6-12/h2-8,10H,9H2,1H3,(H,18,20)(H,19,21). The average Bonchev–Trinajstić information content (AvgIpc) is 2.48. The molecule has 2 aromatic rings. The van der Waals surface area contributed by atoms with Gasteiger partial charge in [-0.25, -0.2) is 0 Å². The molecule has 2 aromatic carbocycles. The van der Waals surface area contributed by atoms with Crippen LogP contribution in [-0.2, 0) is 11.2 Å². The lowest BCUT2D eigenvalue weighted by atomic mass is 10.1. The van der Waals surface area contributed by atoms with Gasteiger partial charge in [-0.1, -0.05) is 52.3 Å². The number of benzene rings is 2. The highest BCUT2D eigenvalue weighted by atomic mass is 79.9. The molecular formula is C16H15BrN2O2. The number of aryl methyl sites for hydroxylation is 1. The lowest BCUT2D eigenvalue weighted by Crippen LogP contribution is -2.42. The molecule has 0 aliphatic heterocycles. The summed E-state index contributed by atoms with van der Waals surface area (Å²) in [6.07, 6.45) is 0.221. The maximum absolute atomic E-state index is 11.9. The van der Waals surface area contributed by atoms with Gasteiger partial charge in [0, 0.05) is 10.0 Å². The second-order valence-corrected chi connectivity index (χ2v) is 5.48. The number of halogens is 1. The van der Waals surface area contributed by atoms with Crippen molar-refractivity contribution in [3.05, 3.63) is 69.7 Å². The fourth-order valence-electron chi connectivity index (χ4n) is 1.76. The lowest BCUT2D eigenvalue weighted by molar-refractivity contribution is -0.121. The minimum atomic E-state index is -0.350. The Morgan fingerprint density at radius 2 is 1.76 bits per heavy atom. The summed E-state index contributed by atoms with van der Waals surface area (Å²) in [4.78, 5) is 23.7. The molecule has 21 heavy (non-hydrogen) atoms. The Morgan fingerprint density at radius 1 is 1.05 bits per heavy atom. The minimum Gasteiger partial charge on any atom is -0.273 e. The molecule has 0 heterocycles. The molecule has 0 aromatic heterocycles. The molecule has 0 bridgehead atoms. The van der Waals surface area contributed by atoms with Gasteiger partial charge in [-0.3, -0.25) is 20.4 Å². The molecule has 2 amide bonds. The molecule has 108 valence electrons. The summed E-state index contributed by atoms with van der Waals surface area (Å²) in [5, 5.41) is 0. The van der Waals surface area contributed by atoms with E-state index in [0.717, 1.165) is 15.6 Å². The molecule has 0 saturated heterocycles. The Hall–Kier alpha value is -2.14. The maximum Gasteiger partial charge on any atom is 0.269 e. The summed E-state index contributed by atoms with van der Waals surface area (Å²) >= 11 is 3.37. The third kappa shape index (κ3) is 4.43. The Kier molecular flexibility index (Phi) is 5.11. The zero-order valence-corrected chi connectivity index (χ0v) is 13.1. The topological polar surface area (TPSA) is 58.2 Å². The normalized spacial score (nSPS) is 10.0. The van der Waals surface area contributed by atoms with Crippen molar-refractivity contribution in [3.63, 3.8) is 0 Å². The molecule has 0 aliphatic rings. The first-order chi connectivity index (χ1) is 10.1. The van der Waals surface area contributed by atoms with Crippen molar-refractivity contribution in [2.24, 2.45) is 0 Å². The number of amides is 2. The van der Waals surface area contributed by atoms with Crippen LogP contribution < -0.4 is 10.9 Å². The van der Waals surface area contributed by atoms with Gasteiger partial charge in [0.1, 0.15) is 0 Å². The van der Waals surface area contributed by atoms with Crippen molar-refractivity contribution in [2.45, 2.75) is 13.3 Å². The van der Waals surface area contributed by atoms with Crippen molar-refractivity contribution in [3.8, 4) is 0 Å².